The van der Waals surface area contributed by atoms with E-state index in [9.17, 15) is 18.0 Å². The van der Waals surface area contributed by atoms with Crippen molar-refractivity contribution < 1.29 is 18.0 Å². The van der Waals surface area contributed by atoms with Gasteiger partial charge in [-0.25, -0.2) is 8.42 Å². The number of carbonyl (C=O) groups is 2. The van der Waals surface area contributed by atoms with Crippen LogP contribution in [0.3, 0.4) is 0 Å². The molecule has 1 aliphatic rings. The Labute approximate surface area is 176 Å². The molecule has 30 heavy (non-hydrogen) atoms. The van der Waals surface area contributed by atoms with Crippen molar-refractivity contribution in [2.45, 2.75) is 13.5 Å². The van der Waals surface area contributed by atoms with Crippen LogP contribution in [0.25, 0.3) is 0 Å². The maximum atomic E-state index is 12.5. The molecule has 2 N–H and O–H groups in total. The van der Waals surface area contributed by atoms with Gasteiger partial charge in [0.15, 0.2) is 0 Å². The summed E-state index contributed by atoms with van der Waals surface area (Å²) in [6, 6.07) is 14.3. The van der Waals surface area contributed by atoms with E-state index in [2.05, 4.69) is 15.5 Å². The standard InChI is InChI=1S/C21H26N4O4S/c1-16(26)22-19-4-3-5-20(14-19)23-21(27)18-8-6-17(7-9-18)15-24-10-12-25(13-11-24)30(2,28)29/h3-9,14H,10-13,15H2,1-2H3,(H,22,26)(H,23,27). The molecule has 1 aliphatic heterocycles. The number of benzene rings is 2. The van der Waals surface area contributed by atoms with Crippen LogP contribution in [-0.4, -0.2) is 61.9 Å². The normalized spacial score (nSPS) is 15.5. The van der Waals surface area contributed by atoms with Gasteiger partial charge >= 0.3 is 0 Å². The number of nitrogens with zero attached hydrogens (tertiary/aromatic N) is 2. The molecule has 8 nitrogen and oxygen atoms in total. The summed E-state index contributed by atoms with van der Waals surface area (Å²) in [5.41, 5.74) is 2.81. The number of carbonyl (C=O) groups excluding carboxylic acids is 2. The fraction of sp³-hybridized carbons (Fsp3) is 0.333. The number of hydrogen-bond acceptors (Lipinski definition) is 5. The highest BCUT2D eigenvalue weighted by Gasteiger charge is 2.23. The van der Waals surface area contributed by atoms with E-state index in [0.717, 1.165) is 5.56 Å². The Balaban J connectivity index is 1.55. The highest BCUT2D eigenvalue weighted by Crippen LogP contribution is 2.17. The molecule has 1 saturated heterocycles. The third-order valence-corrected chi connectivity index (χ3v) is 6.17. The second kappa shape index (κ2) is 9.38. The van der Waals surface area contributed by atoms with E-state index in [1.54, 1.807) is 36.4 Å². The molecule has 0 saturated carbocycles. The maximum Gasteiger partial charge on any atom is 0.255 e. The molecule has 0 aliphatic carbocycles. The second-order valence-electron chi connectivity index (χ2n) is 7.35. The lowest BCUT2D eigenvalue weighted by molar-refractivity contribution is -0.114. The van der Waals surface area contributed by atoms with Crippen molar-refractivity contribution in [1.29, 1.82) is 0 Å². The minimum Gasteiger partial charge on any atom is -0.326 e. The average Bonchev–Trinajstić information content (AvgIpc) is 2.68. The van der Waals surface area contributed by atoms with Crippen LogP contribution in [0.1, 0.15) is 22.8 Å². The van der Waals surface area contributed by atoms with Gasteiger partial charge < -0.3 is 10.6 Å². The van der Waals surface area contributed by atoms with Gasteiger partial charge in [0, 0.05) is 56.6 Å². The molecule has 2 aromatic rings. The molecule has 160 valence electrons. The molecular formula is C21H26N4O4S. The molecule has 0 atom stereocenters. The molecule has 0 bridgehead atoms. The van der Waals surface area contributed by atoms with Crippen LogP contribution in [0.4, 0.5) is 11.4 Å². The van der Waals surface area contributed by atoms with E-state index in [1.807, 2.05) is 12.1 Å². The first-order valence-electron chi connectivity index (χ1n) is 9.66. The lowest BCUT2D eigenvalue weighted by Crippen LogP contribution is -2.47. The zero-order valence-electron chi connectivity index (χ0n) is 17.1. The van der Waals surface area contributed by atoms with E-state index < -0.39 is 10.0 Å². The summed E-state index contributed by atoms with van der Waals surface area (Å²) in [6.07, 6.45) is 1.24. The lowest BCUT2D eigenvalue weighted by Gasteiger charge is -2.33. The number of nitrogens with one attached hydrogen (secondary N) is 2. The molecule has 9 heteroatoms. The van der Waals surface area contributed by atoms with Crippen LogP contribution >= 0.6 is 0 Å². The van der Waals surface area contributed by atoms with Crippen LogP contribution in [0.15, 0.2) is 48.5 Å². The van der Waals surface area contributed by atoms with Gasteiger partial charge in [-0.1, -0.05) is 18.2 Å². The summed E-state index contributed by atoms with van der Waals surface area (Å²) >= 11 is 0. The summed E-state index contributed by atoms with van der Waals surface area (Å²) in [5.74, 6) is -0.407. The molecule has 0 spiro atoms. The third-order valence-electron chi connectivity index (χ3n) is 4.86. The van der Waals surface area contributed by atoms with Crippen LogP contribution in [-0.2, 0) is 21.4 Å². The summed E-state index contributed by atoms with van der Waals surface area (Å²) in [6.45, 7) is 4.49. The van der Waals surface area contributed by atoms with Crippen molar-refractivity contribution >= 4 is 33.2 Å². The Morgan fingerprint density at radius 3 is 2.10 bits per heavy atom. The maximum absolute atomic E-state index is 12.5. The van der Waals surface area contributed by atoms with Gasteiger partial charge in [-0.2, -0.15) is 4.31 Å². The van der Waals surface area contributed by atoms with E-state index in [-0.39, 0.29) is 11.8 Å². The molecule has 3 rings (SSSR count). The highest BCUT2D eigenvalue weighted by molar-refractivity contribution is 7.88. The quantitative estimate of drug-likeness (QED) is 0.730. The number of sulfonamides is 1. The van der Waals surface area contributed by atoms with Gasteiger partial charge in [0.2, 0.25) is 15.9 Å². The third kappa shape index (κ3) is 6.12. The number of hydrogen-bond donors (Lipinski definition) is 2. The van der Waals surface area contributed by atoms with Gasteiger partial charge in [0.05, 0.1) is 6.26 Å². The van der Waals surface area contributed by atoms with Crippen LogP contribution in [0.5, 0.6) is 0 Å². The van der Waals surface area contributed by atoms with Crippen molar-refractivity contribution in [3.63, 3.8) is 0 Å². The Morgan fingerprint density at radius 2 is 1.53 bits per heavy atom. The molecular weight excluding hydrogens is 404 g/mol. The average molecular weight is 431 g/mol. The predicted molar refractivity (Wildman–Crippen MR) is 117 cm³/mol. The summed E-state index contributed by atoms with van der Waals surface area (Å²) in [5, 5.41) is 5.51. The van der Waals surface area contributed by atoms with Gasteiger partial charge in [0.25, 0.3) is 5.91 Å². The molecule has 1 heterocycles. The Morgan fingerprint density at radius 1 is 0.933 bits per heavy atom. The second-order valence-corrected chi connectivity index (χ2v) is 9.33. The number of piperazine rings is 1. The van der Waals surface area contributed by atoms with Gasteiger partial charge in [-0.05, 0) is 35.9 Å². The molecule has 1 fully saturated rings. The fourth-order valence-electron chi connectivity index (χ4n) is 3.32. The zero-order chi connectivity index (χ0) is 21.7. The van der Waals surface area contributed by atoms with Gasteiger partial charge in [-0.15, -0.1) is 0 Å². The molecule has 0 aromatic heterocycles. The first kappa shape index (κ1) is 21.9. The summed E-state index contributed by atoms with van der Waals surface area (Å²) < 4.78 is 24.7. The Bertz CT molecular complexity index is 1010. The highest BCUT2D eigenvalue weighted by atomic mass is 32.2. The van der Waals surface area contributed by atoms with Crippen molar-refractivity contribution in [3.05, 3.63) is 59.7 Å². The molecule has 0 unspecified atom stereocenters. The lowest BCUT2D eigenvalue weighted by atomic mass is 10.1. The fourth-order valence-corrected chi connectivity index (χ4v) is 4.15. The van der Waals surface area contributed by atoms with Crippen LogP contribution < -0.4 is 10.6 Å². The monoisotopic (exact) mass is 430 g/mol. The number of anilines is 2. The van der Waals surface area contributed by atoms with Crippen molar-refractivity contribution in [3.8, 4) is 0 Å². The smallest absolute Gasteiger partial charge is 0.255 e. The van der Waals surface area contributed by atoms with E-state index >= 15 is 0 Å². The van der Waals surface area contributed by atoms with Gasteiger partial charge in [0.1, 0.15) is 0 Å². The summed E-state index contributed by atoms with van der Waals surface area (Å²) in [4.78, 5) is 25.9. The topological polar surface area (TPSA) is 98.8 Å². The molecule has 2 amide bonds. The Hall–Kier alpha value is -2.75. The summed E-state index contributed by atoms with van der Waals surface area (Å²) in [7, 11) is -3.13. The SMILES string of the molecule is CC(=O)Nc1cccc(NC(=O)c2ccc(CN3CCN(S(C)(=O)=O)CC3)cc2)c1. The van der Waals surface area contributed by atoms with E-state index in [0.29, 0.717) is 49.7 Å². The van der Waals surface area contributed by atoms with Crippen molar-refractivity contribution in [1.82, 2.24) is 9.21 Å². The zero-order valence-corrected chi connectivity index (χ0v) is 17.9. The van der Waals surface area contributed by atoms with Crippen LogP contribution in [0, 0.1) is 0 Å². The van der Waals surface area contributed by atoms with Crippen molar-refractivity contribution in [2.75, 3.05) is 43.1 Å². The first-order valence-corrected chi connectivity index (χ1v) is 11.5. The number of rotatable bonds is 6. The minimum absolute atomic E-state index is 0.174. The first-order chi connectivity index (χ1) is 14.2. The van der Waals surface area contributed by atoms with Gasteiger partial charge in [-0.3, -0.25) is 14.5 Å². The predicted octanol–water partition coefficient (Wildman–Crippen LogP) is 1.97. The van der Waals surface area contributed by atoms with Crippen LogP contribution in [0.2, 0.25) is 0 Å². The minimum atomic E-state index is -3.13. The van der Waals surface area contributed by atoms with E-state index in [1.165, 1.54) is 17.5 Å². The number of amides is 2. The Kier molecular flexibility index (Phi) is 6.86. The molecule has 2 aromatic carbocycles. The van der Waals surface area contributed by atoms with Crippen molar-refractivity contribution in [2.24, 2.45) is 0 Å². The molecule has 0 radical (unpaired) electrons. The van der Waals surface area contributed by atoms with E-state index in [4.69, 9.17) is 0 Å². The largest absolute Gasteiger partial charge is 0.326 e.